The Labute approximate surface area is 227 Å². The summed E-state index contributed by atoms with van der Waals surface area (Å²) in [4.78, 5) is 15.1. The highest BCUT2D eigenvalue weighted by atomic mass is 16.6. The largest absolute Gasteiger partial charge is 0.489 e. The molecule has 4 rings (SSSR count). The van der Waals surface area contributed by atoms with Crippen LogP contribution in [0, 0.1) is 5.92 Å². The Morgan fingerprint density at radius 3 is 2.26 bits per heavy atom. The van der Waals surface area contributed by atoms with E-state index in [1.54, 1.807) is 0 Å². The van der Waals surface area contributed by atoms with Gasteiger partial charge in [-0.15, -0.1) is 0 Å². The molecule has 1 heterocycles. The van der Waals surface area contributed by atoms with Crippen LogP contribution in [0.15, 0.2) is 78.9 Å². The quantitative estimate of drug-likeness (QED) is 0.277. The van der Waals surface area contributed by atoms with Crippen LogP contribution in [0.5, 0.6) is 5.75 Å². The minimum atomic E-state index is -0.301. The van der Waals surface area contributed by atoms with Gasteiger partial charge in [0.05, 0.1) is 18.6 Å². The second kappa shape index (κ2) is 13.6. The van der Waals surface area contributed by atoms with Gasteiger partial charge in [0.1, 0.15) is 12.4 Å². The van der Waals surface area contributed by atoms with Gasteiger partial charge in [0.2, 0.25) is 0 Å². The van der Waals surface area contributed by atoms with Crippen molar-refractivity contribution in [2.24, 2.45) is 5.92 Å². The number of benzene rings is 3. The van der Waals surface area contributed by atoms with Gasteiger partial charge >= 0.3 is 5.97 Å². The Morgan fingerprint density at radius 2 is 1.58 bits per heavy atom. The molecular formula is C33H41NO4. The Bertz CT molecular complexity index is 1130. The molecule has 38 heavy (non-hydrogen) atoms. The second-order valence-electron chi connectivity index (χ2n) is 10.7. The molecule has 5 nitrogen and oxygen atoms in total. The summed E-state index contributed by atoms with van der Waals surface area (Å²) in [7, 11) is 0. The van der Waals surface area contributed by atoms with Crippen LogP contribution in [0.3, 0.4) is 0 Å². The average molecular weight is 516 g/mol. The topological polar surface area (TPSA) is 48.0 Å². The molecule has 0 N–H and O–H groups in total. The Morgan fingerprint density at radius 1 is 0.895 bits per heavy atom. The van der Waals surface area contributed by atoms with E-state index in [0.717, 1.165) is 42.8 Å². The van der Waals surface area contributed by atoms with Gasteiger partial charge in [-0.1, -0.05) is 80.6 Å². The molecule has 3 aromatic carbocycles. The molecule has 3 aromatic rings. The zero-order chi connectivity index (χ0) is 26.9. The summed E-state index contributed by atoms with van der Waals surface area (Å²) >= 11 is 0. The van der Waals surface area contributed by atoms with Crippen molar-refractivity contribution in [3.63, 3.8) is 0 Å². The van der Waals surface area contributed by atoms with E-state index in [2.05, 4.69) is 67.3 Å². The maximum absolute atomic E-state index is 12.9. The fourth-order valence-electron chi connectivity index (χ4n) is 4.82. The monoisotopic (exact) mass is 515 g/mol. The molecule has 202 valence electrons. The summed E-state index contributed by atoms with van der Waals surface area (Å²) in [6.45, 7) is 10.9. The molecule has 0 bridgehead atoms. The highest BCUT2D eigenvalue weighted by Crippen LogP contribution is 2.22. The van der Waals surface area contributed by atoms with Crippen LogP contribution in [0.2, 0.25) is 0 Å². The lowest BCUT2D eigenvalue weighted by Crippen LogP contribution is -2.49. The van der Waals surface area contributed by atoms with E-state index in [0.29, 0.717) is 19.1 Å². The first-order valence-corrected chi connectivity index (χ1v) is 13.8. The number of carbonyl (C=O) groups is 1. The van der Waals surface area contributed by atoms with Crippen molar-refractivity contribution in [1.29, 1.82) is 0 Å². The van der Waals surface area contributed by atoms with Crippen molar-refractivity contribution < 1.29 is 19.0 Å². The van der Waals surface area contributed by atoms with E-state index in [1.807, 2.05) is 44.2 Å². The predicted molar refractivity (Wildman–Crippen MR) is 151 cm³/mol. The van der Waals surface area contributed by atoms with Crippen LogP contribution in [-0.4, -0.2) is 42.9 Å². The normalized spacial score (nSPS) is 17.7. The van der Waals surface area contributed by atoms with Crippen molar-refractivity contribution in [2.45, 2.75) is 65.4 Å². The highest BCUT2D eigenvalue weighted by Gasteiger charge is 2.28. The van der Waals surface area contributed by atoms with E-state index >= 15 is 0 Å². The lowest BCUT2D eigenvalue weighted by atomic mass is 9.97. The molecule has 3 atom stereocenters. The Kier molecular flexibility index (Phi) is 9.97. The van der Waals surface area contributed by atoms with E-state index < -0.39 is 0 Å². The van der Waals surface area contributed by atoms with Gasteiger partial charge in [-0.3, -0.25) is 9.69 Å². The Hall–Kier alpha value is -3.15. The van der Waals surface area contributed by atoms with Gasteiger partial charge in [0, 0.05) is 13.1 Å². The molecule has 5 heteroatoms. The summed E-state index contributed by atoms with van der Waals surface area (Å²) in [6, 6.07) is 26.7. The van der Waals surface area contributed by atoms with E-state index in [9.17, 15) is 4.79 Å². The lowest BCUT2D eigenvalue weighted by molar-refractivity contribution is -0.166. The molecule has 1 saturated heterocycles. The van der Waals surface area contributed by atoms with E-state index in [1.165, 1.54) is 11.1 Å². The van der Waals surface area contributed by atoms with Gasteiger partial charge in [-0.05, 0) is 67.0 Å². The van der Waals surface area contributed by atoms with Crippen LogP contribution in [-0.2, 0) is 33.7 Å². The first-order valence-electron chi connectivity index (χ1n) is 13.8. The number of nitrogens with zero attached hydrogens (tertiary/aromatic N) is 1. The van der Waals surface area contributed by atoms with Crippen molar-refractivity contribution in [3.05, 3.63) is 101 Å². The molecule has 0 saturated carbocycles. The molecule has 1 aliphatic heterocycles. The predicted octanol–water partition coefficient (Wildman–Crippen LogP) is 6.40. The number of hydrogen-bond donors (Lipinski definition) is 0. The van der Waals surface area contributed by atoms with Crippen LogP contribution < -0.4 is 4.74 Å². The summed E-state index contributed by atoms with van der Waals surface area (Å²) in [5, 5.41) is 0. The van der Waals surface area contributed by atoms with Crippen LogP contribution in [0.4, 0.5) is 0 Å². The molecular weight excluding hydrogens is 474 g/mol. The summed E-state index contributed by atoms with van der Waals surface area (Å²) in [5.41, 5.74) is 4.64. The second-order valence-corrected chi connectivity index (χ2v) is 10.7. The van der Waals surface area contributed by atoms with Crippen molar-refractivity contribution in [3.8, 4) is 5.75 Å². The van der Waals surface area contributed by atoms with Gasteiger partial charge < -0.3 is 14.2 Å². The maximum atomic E-state index is 12.9. The minimum absolute atomic E-state index is 0.0481. The maximum Gasteiger partial charge on any atom is 0.314 e. The fraction of sp³-hybridized carbons (Fsp3) is 0.424. The van der Waals surface area contributed by atoms with Gasteiger partial charge in [0.25, 0.3) is 0 Å². The van der Waals surface area contributed by atoms with E-state index in [-0.39, 0.29) is 24.2 Å². The smallest absolute Gasteiger partial charge is 0.314 e. The van der Waals surface area contributed by atoms with Crippen LogP contribution >= 0.6 is 0 Å². The third-order valence-electron chi connectivity index (χ3n) is 7.08. The zero-order valence-electron chi connectivity index (χ0n) is 23.1. The Balaban J connectivity index is 1.24. The number of carbonyl (C=O) groups excluding carboxylic acids is 1. The fourth-order valence-corrected chi connectivity index (χ4v) is 4.82. The molecule has 3 unspecified atom stereocenters. The first kappa shape index (κ1) is 27.9. The van der Waals surface area contributed by atoms with Crippen LogP contribution in [0.1, 0.15) is 55.9 Å². The van der Waals surface area contributed by atoms with Crippen LogP contribution in [0.25, 0.3) is 0 Å². The lowest BCUT2D eigenvalue weighted by Gasteiger charge is -2.36. The molecule has 0 aliphatic carbocycles. The third kappa shape index (κ3) is 8.17. The molecule has 1 fully saturated rings. The molecule has 0 aromatic heterocycles. The van der Waals surface area contributed by atoms with E-state index in [4.69, 9.17) is 14.2 Å². The zero-order valence-corrected chi connectivity index (χ0v) is 23.1. The molecule has 0 spiro atoms. The minimum Gasteiger partial charge on any atom is -0.489 e. The van der Waals surface area contributed by atoms with Crippen molar-refractivity contribution in [2.75, 3.05) is 19.7 Å². The number of ether oxygens (including phenoxy) is 3. The SMILES string of the molecule is CC(C)Cc1ccc(C(C)C(=O)OC(C)N2CCOC(Cc3ccc(OCc4ccccc4)cc3)C2)cc1. The average Bonchev–Trinajstić information content (AvgIpc) is 2.93. The van der Waals surface area contributed by atoms with Gasteiger partial charge in [0.15, 0.2) is 6.23 Å². The van der Waals surface area contributed by atoms with Crippen molar-refractivity contribution >= 4 is 5.97 Å². The number of morpholine rings is 1. The standard InChI is InChI=1S/C33H41NO4/c1-24(2)20-27-10-14-30(15-11-27)25(3)33(35)38-26(4)34-18-19-36-32(22-34)21-28-12-16-31(17-13-28)37-23-29-8-6-5-7-9-29/h5-17,24-26,32H,18-23H2,1-4H3. The number of hydrogen-bond acceptors (Lipinski definition) is 5. The highest BCUT2D eigenvalue weighted by molar-refractivity contribution is 5.77. The third-order valence-corrected chi connectivity index (χ3v) is 7.08. The summed E-state index contributed by atoms with van der Waals surface area (Å²) in [6.07, 6.45) is 1.59. The number of esters is 1. The molecule has 0 amide bonds. The summed E-state index contributed by atoms with van der Waals surface area (Å²) < 4.78 is 17.8. The van der Waals surface area contributed by atoms with Gasteiger partial charge in [-0.2, -0.15) is 0 Å². The first-order chi connectivity index (χ1) is 18.4. The number of rotatable bonds is 11. The summed E-state index contributed by atoms with van der Waals surface area (Å²) in [5.74, 6) is 0.973. The molecule has 0 radical (unpaired) electrons. The molecule has 1 aliphatic rings. The van der Waals surface area contributed by atoms with Gasteiger partial charge in [-0.25, -0.2) is 0 Å². The van der Waals surface area contributed by atoms with Crippen molar-refractivity contribution in [1.82, 2.24) is 4.90 Å².